The maximum Gasteiger partial charge on any atom is 0.226 e. The van der Waals surface area contributed by atoms with Crippen molar-refractivity contribution in [2.24, 2.45) is 17.6 Å². The van der Waals surface area contributed by atoms with Crippen LogP contribution in [0.15, 0.2) is 54.6 Å². The summed E-state index contributed by atoms with van der Waals surface area (Å²) in [5, 5.41) is 2.97. The molecule has 22 heavy (non-hydrogen) atoms. The van der Waals surface area contributed by atoms with Crippen LogP contribution in [0, 0.1) is 11.8 Å². The zero-order valence-electron chi connectivity index (χ0n) is 11.9. The van der Waals surface area contributed by atoms with Gasteiger partial charge in [-0.15, -0.1) is 0 Å². The second-order valence-electron chi connectivity index (χ2n) is 5.93. The highest BCUT2D eigenvalue weighted by atomic mass is 16.2. The molecule has 3 N–H and O–H groups in total. The Balaban J connectivity index is 1.84. The van der Waals surface area contributed by atoms with Crippen LogP contribution in [-0.4, -0.2) is 11.7 Å². The molecule has 1 saturated heterocycles. The van der Waals surface area contributed by atoms with E-state index in [9.17, 15) is 9.59 Å². The van der Waals surface area contributed by atoms with Crippen molar-refractivity contribution in [1.82, 2.24) is 5.32 Å². The smallest absolute Gasteiger partial charge is 0.226 e. The van der Waals surface area contributed by atoms with Crippen molar-refractivity contribution in [2.45, 2.75) is 12.1 Å². The standard InChI is InChI=1S/C18H16N2O2/c19-15-11-8-4-5-9-12(11)17(21)14-13(15)18(22)20-16(14)10-6-2-1-3-7-10/h1-9,13-16H,19H2,(H,20,22). The Morgan fingerprint density at radius 1 is 0.864 bits per heavy atom. The molecule has 2 aliphatic rings. The molecule has 1 aliphatic carbocycles. The monoisotopic (exact) mass is 292 g/mol. The van der Waals surface area contributed by atoms with Crippen molar-refractivity contribution >= 4 is 11.7 Å². The average molecular weight is 292 g/mol. The second kappa shape index (κ2) is 4.78. The molecule has 1 fully saturated rings. The number of hydrogen-bond acceptors (Lipinski definition) is 3. The van der Waals surface area contributed by atoms with E-state index in [1.807, 2.05) is 48.5 Å². The molecule has 0 spiro atoms. The fraction of sp³-hybridized carbons (Fsp3) is 0.222. The van der Waals surface area contributed by atoms with Gasteiger partial charge in [-0.1, -0.05) is 54.6 Å². The largest absolute Gasteiger partial charge is 0.348 e. The minimum Gasteiger partial charge on any atom is -0.348 e. The van der Waals surface area contributed by atoms with Crippen molar-refractivity contribution < 1.29 is 9.59 Å². The van der Waals surface area contributed by atoms with Gasteiger partial charge in [-0.3, -0.25) is 9.59 Å². The SMILES string of the molecule is NC1c2ccccc2C(=O)C2C(c3ccccc3)NC(=O)C12. The number of carbonyl (C=O) groups is 2. The molecule has 2 aromatic carbocycles. The molecule has 4 unspecified atom stereocenters. The summed E-state index contributed by atoms with van der Waals surface area (Å²) in [6.45, 7) is 0. The number of nitrogens with two attached hydrogens (primary N) is 1. The van der Waals surface area contributed by atoms with Gasteiger partial charge in [-0.25, -0.2) is 0 Å². The number of benzene rings is 2. The average Bonchev–Trinajstić information content (AvgIpc) is 2.91. The topological polar surface area (TPSA) is 72.2 Å². The third-order valence-corrected chi connectivity index (χ3v) is 4.78. The van der Waals surface area contributed by atoms with Gasteiger partial charge in [0.1, 0.15) is 0 Å². The Labute approximate surface area is 128 Å². The predicted octanol–water partition coefficient (Wildman–Crippen LogP) is 1.99. The maximum absolute atomic E-state index is 12.9. The van der Waals surface area contributed by atoms with Gasteiger partial charge in [0, 0.05) is 11.6 Å². The van der Waals surface area contributed by atoms with Crippen LogP contribution in [0.5, 0.6) is 0 Å². The van der Waals surface area contributed by atoms with Crippen LogP contribution in [-0.2, 0) is 4.79 Å². The molecule has 0 saturated carbocycles. The van der Waals surface area contributed by atoms with Crippen LogP contribution in [0.25, 0.3) is 0 Å². The summed E-state index contributed by atoms with van der Waals surface area (Å²) < 4.78 is 0. The van der Waals surface area contributed by atoms with Crippen LogP contribution < -0.4 is 11.1 Å². The number of nitrogens with one attached hydrogen (secondary N) is 1. The van der Waals surface area contributed by atoms with Crippen LogP contribution >= 0.6 is 0 Å². The molecule has 4 nitrogen and oxygen atoms in total. The van der Waals surface area contributed by atoms with Gasteiger partial charge in [-0.05, 0) is 11.1 Å². The molecule has 1 heterocycles. The number of amides is 1. The number of fused-ring (bicyclic) bond motifs is 2. The summed E-state index contributed by atoms with van der Waals surface area (Å²) in [5.74, 6) is -1.05. The van der Waals surface area contributed by atoms with Gasteiger partial charge in [0.2, 0.25) is 5.91 Å². The summed E-state index contributed by atoms with van der Waals surface area (Å²) in [6.07, 6.45) is 0. The van der Waals surface area contributed by atoms with E-state index >= 15 is 0 Å². The molecule has 1 aliphatic heterocycles. The third kappa shape index (κ3) is 1.74. The van der Waals surface area contributed by atoms with Crippen LogP contribution in [0.3, 0.4) is 0 Å². The molecule has 4 heteroatoms. The number of rotatable bonds is 1. The van der Waals surface area contributed by atoms with Crippen LogP contribution in [0.4, 0.5) is 0 Å². The van der Waals surface area contributed by atoms with E-state index in [0.29, 0.717) is 5.56 Å². The van der Waals surface area contributed by atoms with E-state index in [2.05, 4.69) is 5.32 Å². The van der Waals surface area contributed by atoms with Crippen LogP contribution in [0.1, 0.15) is 33.6 Å². The summed E-state index contributed by atoms with van der Waals surface area (Å²) >= 11 is 0. The van der Waals surface area contributed by atoms with Gasteiger partial charge >= 0.3 is 0 Å². The highest BCUT2D eigenvalue weighted by molar-refractivity contribution is 6.06. The summed E-state index contributed by atoms with van der Waals surface area (Å²) in [4.78, 5) is 25.3. The Hall–Kier alpha value is -2.46. The first kappa shape index (κ1) is 13.2. The molecule has 0 radical (unpaired) electrons. The van der Waals surface area contributed by atoms with Crippen molar-refractivity contribution in [3.8, 4) is 0 Å². The minimum atomic E-state index is -0.493. The fourth-order valence-electron chi connectivity index (χ4n) is 3.75. The Kier molecular flexibility index (Phi) is 2.87. The van der Waals surface area contributed by atoms with E-state index in [1.165, 1.54) is 0 Å². The first-order valence-electron chi connectivity index (χ1n) is 7.42. The summed E-state index contributed by atoms with van der Waals surface area (Å²) in [5.41, 5.74) is 8.68. The van der Waals surface area contributed by atoms with Gasteiger partial charge in [0.15, 0.2) is 5.78 Å². The van der Waals surface area contributed by atoms with E-state index in [0.717, 1.165) is 11.1 Å². The molecule has 1 amide bonds. The Morgan fingerprint density at radius 3 is 2.32 bits per heavy atom. The molecular formula is C18H16N2O2. The van der Waals surface area contributed by atoms with Gasteiger partial charge in [0.05, 0.1) is 17.9 Å². The lowest BCUT2D eigenvalue weighted by Gasteiger charge is -2.32. The van der Waals surface area contributed by atoms with E-state index < -0.39 is 17.9 Å². The van der Waals surface area contributed by atoms with E-state index in [4.69, 9.17) is 5.73 Å². The molecule has 4 rings (SSSR count). The van der Waals surface area contributed by atoms with Gasteiger partial charge < -0.3 is 11.1 Å². The first-order valence-corrected chi connectivity index (χ1v) is 7.42. The van der Waals surface area contributed by atoms with Crippen molar-refractivity contribution in [3.63, 3.8) is 0 Å². The quantitative estimate of drug-likeness (QED) is 0.844. The first-order chi connectivity index (χ1) is 10.7. The summed E-state index contributed by atoms with van der Waals surface area (Å²) in [6, 6.07) is 16.2. The van der Waals surface area contributed by atoms with E-state index in [1.54, 1.807) is 6.07 Å². The highest BCUT2D eigenvalue weighted by Gasteiger charge is 2.53. The lowest BCUT2D eigenvalue weighted by molar-refractivity contribution is -0.123. The van der Waals surface area contributed by atoms with Gasteiger partial charge in [-0.2, -0.15) is 0 Å². The second-order valence-corrected chi connectivity index (χ2v) is 5.93. The molecule has 0 aromatic heterocycles. The fourth-order valence-corrected chi connectivity index (χ4v) is 3.75. The zero-order valence-corrected chi connectivity index (χ0v) is 11.9. The molecule has 4 atom stereocenters. The normalized spacial score (nSPS) is 29.7. The zero-order chi connectivity index (χ0) is 15.3. The minimum absolute atomic E-state index is 0.00880. The summed E-state index contributed by atoms with van der Waals surface area (Å²) in [7, 11) is 0. The van der Waals surface area contributed by atoms with Gasteiger partial charge in [0.25, 0.3) is 0 Å². The lowest BCUT2D eigenvalue weighted by Crippen LogP contribution is -2.39. The third-order valence-electron chi connectivity index (χ3n) is 4.78. The Morgan fingerprint density at radius 2 is 1.55 bits per heavy atom. The molecule has 2 aromatic rings. The Bertz CT molecular complexity index is 757. The number of hydrogen-bond donors (Lipinski definition) is 2. The predicted molar refractivity (Wildman–Crippen MR) is 82.0 cm³/mol. The maximum atomic E-state index is 12.9. The lowest BCUT2D eigenvalue weighted by atomic mass is 9.70. The van der Waals surface area contributed by atoms with Crippen molar-refractivity contribution in [3.05, 3.63) is 71.3 Å². The van der Waals surface area contributed by atoms with Crippen molar-refractivity contribution in [1.29, 1.82) is 0 Å². The molecule has 110 valence electrons. The number of carbonyl (C=O) groups excluding carboxylic acids is 2. The molecular weight excluding hydrogens is 276 g/mol. The van der Waals surface area contributed by atoms with Crippen LogP contribution in [0.2, 0.25) is 0 Å². The number of ketones is 1. The molecule has 0 bridgehead atoms. The highest BCUT2D eigenvalue weighted by Crippen LogP contribution is 2.46. The number of Topliss-reactive ketones (excluding diaryl/α,β-unsaturated/α-hetero) is 1. The van der Waals surface area contributed by atoms with E-state index in [-0.39, 0.29) is 17.7 Å². The van der Waals surface area contributed by atoms with Crippen molar-refractivity contribution in [2.75, 3.05) is 0 Å².